The quantitative estimate of drug-likeness (QED) is 0.0315. The fourth-order valence-corrected chi connectivity index (χ4v) is 7.21. The molecule has 0 aliphatic rings. The number of aliphatic hydroxyl groups excluding tert-OH is 2. The fourth-order valence-electron chi connectivity index (χ4n) is 6.42. The maximum Gasteiger partial charge on any atom is 0.472 e. The van der Waals surface area contributed by atoms with Crippen molar-refractivity contribution < 1.29 is 43.0 Å². The Morgan fingerprint density at radius 1 is 0.519 bits per heavy atom. The molecular formula is C42H85O9P. The van der Waals surface area contributed by atoms with Gasteiger partial charge in [0.25, 0.3) is 0 Å². The highest BCUT2D eigenvalue weighted by molar-refractivity contribution is 7.47. The minimum atomic E-state index is -4.51. The summed E-state index contributed by atoms with van der Waals surface area (Å²) in [5.74, 6) is -0.376. The maximum absolute atomic E-state index is 12.6. The summed E-state index contributed by atoms with van der Waals surface area (Å²) in [5, 5.41) is 18.3. The third-order valence-electron chi connectivity index (χ3n) is 9.79. The Kier molecular flexibility index (Phi) is 39.7. The molecule has 0 aromatic carbocycles. The van der Waals surface area contributed by atoms with Gasteiger partial charge < -0.3 is 24.6 Å². The molecule has 0 rings (SSSR count). The second kappa shape index (κ2) is 40.1. The largest absolute Gasteiger partial charge is 0.472 e. The summed E-state index contributed by atoms with van der Waals surface area (Å²) in [4.78, 5) is 22.6. The first-order valence-electron chi connectivity index (χ1n) is 22.0. The van der Waals surface area contributed by atoms with Gasteiger partial charge in [0.2, 0.25) is 0 Å². The zero-order chi connectivity index (χ0) is 38.2. The van der Waals surface area contributed by atoms with Gasteiger partial charge in [-0.3, -0.25) is 13.8 Å². The van der Waals surface area contributed by atoms with Gasteiger partial charge in [0, 0.05) is 13.0 Å². The van der Waals surface area contributed by atoms with Crippen LogP contribution in [-0.4, -0.2) is 66.3 Å². The molecule has 0 radical (unpaired) electrons. The van der Waals surface area contributed by atoms with Crippen LogP contribution in [0.25, 0.3) is 0 Å². The first kappa shape index (κ1) is 51.5. The van der Waals surface area contributed by atoms with Gasteiger partial charge in [-0.1, -0.05) is 200 Å². The average molecular weight is 765 g/mol. The van der Waals surface area contributed by atoms with Gasteiger partial charge in [-0.2, -0.15) is 0 Å². The van der Waals surface area contributed by atoms with Crippen molar-refractivity contribution in [3.8, 4) is 0 Å². The Morgan fingerprint density at radius 3 is 1.25 bits per heavy atom. The molecule has 3 N–H and O–H groups in total. The normalized spacial score (nSPS) is 14.0. The van der Waals surface area contributed by atoms with E-state index in [2.05, 4.69) is 13.8 Å². The second-order valence-corrected chi connectivity index (χ2v) is 16.5. The average Bonchev–Trinajstić information content (AvgIpc) is 3.13. The lowest BCUT2D eigenvalue weighted by atomic mass is 10.0. The predicted molar refractivity (Wildman–Crippen MR) is 215 cm³/mol. The first-order chi connectivity index (χ1) is 25.3. The summed E-state index contributed by atoms with van der Waals surface area (Å²) < 4.78 is 33.4. The molecule has 9 nitrogen and oxygen atoms in total. The summed E-state index contributed by atoms with van der Waals surface area (Å²) in [7, 11) is -4.51. The van der Waals surface area contributed by atoms with Crippen LogP contribution in [0, 0.1) is 0 Å². The van der Waals surface area contributed by atoms with Crippen molar-refractivity contribution in [1.82, 2.24) is 0 Å². The van der Waals surface area contributed by atoms with Crippen LogP contribution in [0.3, 0.4) is 0 Å². The number of phosphoric ester groups is 1. The van der Waals surface area contributed by atoms with E-state index in [1.165, 1.54) is 167 Å². The monoisotopic (exact) mass is 765 g/mol. The van der Waals surface area contributed by atoms with Crippen LogP contribution < -0.4 is 0 Å². The second-order valence-electron chi connectivity index (χ2n) is 15.1. The zero-order valence-corrected chi connectivity index (χ0v) is 35.0. The van der Waals surface area contributed by atoms with Gasteiger partial charge in [-0.25, -0.2) is 4.57 Å². The topological polar surface area (TPSA) is 132 Å². The van der Waals surface area contributed by atoms with Crippen molar-refractivity contribution in [2.75, 3.05) is 33.0 Å². The lowest BCUT2D eigenvalue weighted by molar-refractivity contribution is -0.154. The van der Waals surface area contributed by atoms with Crippen LogP contribution in [0.15, 0.2) is 0 Å². The van der Waals surface area contributed by atoms with E-state index in [9.17, 15) is 19.4 Å². The number of phosphoric acid groups is 1. The third-order valence-corrected chi connectivity index (χ3v) is 10.7. The first-order valence-corrected chi connectivity index (χ1v) is 23.5. The Labute approximate surface area is 320 Å². The van der Waals surface area contributed by atoms with E-state index in [4.69, 9.17) is 23.6 Å². The van der Waals surface area contributed by atoms with Crippen molar-refractivity contribution >= 4 is 13.8 Å². The molecule has 52 heavy (non-hydrogen) atoms. The van der Waals surface area contributed by atoms with Crippen molar-refractivity contribution in [3.05, 3.63) is 0 Å². The summed E-state index contributed by atoms with van der Waals surface area (Å²) in [5.41, 5.74) is 0. The molecule has 3 atom stereocenters. The lowest BCUT2D eigenvalue weighted by Crippen LogP contribution is -2.29. The van der Waals surface area contributed by atoms with Crippen LogP contribution in [0.4, 0.5) is 0 Å². The number of hydrogen-bond acceptors (Lipinski definition) is 8. The maximum atomic E-state index is 12.6. The molecule has 0 aromatic rings. The predicted octanol–water partition coefficient (Wildman–Crippen LogP) is 11.9. The number of carbonyl (C=O) groups is 1. The van der Waals surface area contributed by atoms with Gasteiger partial charge in [0.15, 0.2) is 0 Å². The Morgan fingerprint density at radius 2 is 0.865 bits per heavy atom. The highest BCUT2D eigenvalue weighted by atomic mass is 31.2. The summed E-state index contributed by atoms with van der Waals surface area (Å²) in [6, 6.07) is 0. The minimum Gasteiger partial charge on any atom is -0.457 e. The van der Waals surface area contributed by atoms with Crippen LogP contribution in [0.5, 0.6) is 0 Å². The molecule has 312 valence electrons. The number of carbonyl (C=O) groups excluding carboxylic acids is 1. The molecule has 0 saturated heterocycles. The van der Waals surface area contributed by atoms with Gasteiger partial charge in [-0.15, -0.1) is 0 Å². The molecule has 0 aliphatic carbocycles. The molecule has 10 heteroatoms. The van der Waals surface area contributed by atoms with E-state index in [1.807, 2.05) is 0 Å². The Hall–Kier alpha value is -0.540. The van der Waals surface area contributed by atoms with E-state index in [-0.39, 0.29) is 25.6 Å². The van der Waals surface area contributed by atoms with E-state index in [0.717, 1.165) is 32.1 Å². The molecule has 0 aliphatic heterocycles. The highest BCUT2D eigenvalue weighted by Gasteiger charge is 2.26. The van der Waals surface area contributed by atoms with Crippen LogP contribution in [-0.2, 0) is 27.9 Å². The van der Waals surface area contributed by atoms with Crippen LogP contribution in [0.2, 0.25) is 0 Å². The number of aliphatic hydroxyl groups is 2. The molecule has 0 saturated carbocycles. The van der Waals surface area contributed by atoms with E-state index in [0.29, 0.717) is 6.61 Å². The molecule has 0 heterocycles. The SMILES string of the molecule is CCCCCCCCCCCCCCCCCCCC(=O)OC(COCCCCCCCCCCCCCCCC)COP(=O)(O)OCC(O)CO. The van der Waals surface area contributed by atoms with Gasteiger partial charge in [0.1, 0.15) is 12.2 Å². The molecule has 0 spiro atoms. The fraction of sp³-hybridized carbons (Fsp3) is 0.976. The van der Waals surface area contributed by atoms with Gasteiger partial charge in [-0.05, 0) is 12.8 Å². The smallest absolute Gasteiger partial charge is 0.457 e. The van der Waals surface area contributed by atoms with Gasteiger partial charge in [0.05, 0.1) is 26.4 Å². The molecule has 0 bridgehead atoms. The van der Waals surface area contributed by atoms with Crippen molar-refractivity contribution in [1.29, 1.82) is 0 Å². The van der Waals surface area contributed by atoms with E-state index < -0.39 is 33.2 Å². The molecule has 0 amide bonds. The third kappa shape index (κ3) is 39.2. The summed E-state index contributed by atoms with van der Waals surface area (Å²) in [6.45, 7) is 3.58. The molecule has 0 fully saturated rings. The summed E-state index contributed by atoms with van der Waals surface area (Å²) >= 11 is 0. The minimum absolute atomic E-state index is 0.0580. The molecule has 3 unspecified atom stereocenters. The molecule has 0 aromatic heterocycles. The highest BCUT2D eigenvalue weighted by Crippen LogP contribution is 2.43. The number of unbranched alkanes of at least 4 members (excludes halogenated alkanes) is 29. The van der Waals surface area contributed by atoms with E-state index >= 15 is 0 Å². The summed E-state index contributed by atoms with van der Waals surface area (Å²) in [6.07, 6.45) is 37.7. The number of rotatable bonds is 43. The lowest BCUT2D eigenvalue weighted by Gasteiger charge is -2.20. The van der Waals surface area contributed by atoms with Crippen molar-refractivity contribution in [2.45, 2.75) is 232 Å². The number of ether oxygens (including phenoxy) is 2. The van der Waals surface area contributed by atoms with Gasteiger partial charge >= 0.3 is 13.8 Å². The Balaban J connectivity index is 4.11. The van der Waals surface area contributed by atoms with Crippen LogP contribution in [0.1, 0.15) is 219 Å². The van der Waals surface area contributed by atoms with Crippen molar-refractivity contribution in [2.24, 2.45) is 0 Å². The Bertz CT molecular complexity index is 785. The van der Waals surface area contributed by atoms with Crippen molar-refractivity contribution in [3.63, 3.8) is 0 Å². The van der Waals surface area contributed by atoms with E-state index in [1.54, 1.807) is 0 Å². The zero-order valence-electron chi connectivity index (χ0n) is 34.1. The number of esters is 1. The van der Waals surface area contributed by atoms with Crippen LogP contribution >= 0.6 is 7.82 Å². The molecular weight excluding hydrogens is 679 g/mol. The number of hydrogen-bond donors (Lipinski definition) is 3. The standard InChI is InChI=1S/C42H85O9P/c1-3-5-7-9-11-13-15-17-19-20-21-22-24-26-28-30-32-34-42(45)51-41(39-50-52(46,47)49-37-40(44)36-43)38-48-35-33-31-29-27-25-23-18-16-14-12-10-8-6-4-2/h40-41,43-44H,3-39H2,1-2H3,(H,46,47).